The number of hydrogen-bond acceptors (Lipinski definition) is 3. The Morgan fingerprint density at radius 2 is 1.88 bits per heavy atom. The summed E-state index contributed by atoms with van der Waals surface area (Å²) in [5, 5.41) is 2.88. The van der Waals surface area contributed by atoms with Crippen LogP contribution < -0.4 is 5.32 Å². The second kappa shape index (κ2) is 9.69. The van der Waals surface area contributed by atoms with Crippen molar-refractivity contribution in [2.45, 2.75) is 56.8 Å². The summed E-state index contributed by atoms with van der Waals surface area (Å²) in [5.41, 5.74) is 0.369. The van der Waals surface area contributed by atoms with Gasteiger partial charge in [0.15, 0.2) is 0 Å². The molecule has 0 saturated carbocycles. The maximum absolute atomic E-state index is 12.8. The van der Waals surface area contributed by atoms with Crippen LogP contribution in [0.1, 0.15) is 62.2 Å². The quantitative estimate of drug-likeness (QED) is 0.635. The molecule has 0 bridgehead atoms. The van der Waals surface area contributed by atoms with Gasteiger partial charge in [-0.1, -0.05) is 32.6 Å². The second-order valence-corrected chi connectivity index (χ2v) is 9.22. The third kappa shape index (κ3) is 5.53. The molecular formula is C18H27BrN2O3S. The lowest BCUT2D eigenvalue weighted by molar-refractivity contribution is 0.0952. The molecule has 1 aromatic rings. The molecule has 1 fully saturated rings. The zero-order chi connectivity index (χ0) is 18.3. The largest absolute Gasteiger partial charge is 0.352 e. The number of sulfonamides is 1. The van der Waals surface area contributed by atoms with Gasteiger partial charge in [-0.05, 0) is 53.4 Å². The minimum absolute atomic E-state index is 0.189. The maximum atomic E-state index is 12.8. The predicted octanol–water partition coefficient (Wildman–Crippen LogP) is 3.93. The summed E-state index contributed by atoms with van der Waals surface area (Å²) in [6.45, 7) is 3.85. The van der Waals surface area contributed by atoms with Gasteiger partial charge >= 0.3 is 0 Å². The van der Waals surface area contributed by atoms with E-state index in [-0.39, 0.29) is 10.8 Å². The van der Waals surface area contributed by atoms with Crippen LogP contribution in [0.25, 0.3) is 0 Å². The maximum Gasteiger partial charge on any atom is 0.252 e. The molecule has 0 spiro atoms. The van der Waals surface area contributed by atoms with Crippen molar-refractivity contribution >= 4 is 31.9 Å². The van der Waals surface area contributed by atoms with Crippen LogP contribution in [-0.2, 0) is 10.0 Å². The summed E-state index contributed by atoms with van der Waals surface area (Å²) in [4.78, 5) is 12.6. The van der Waals surface area contributed by atoms with Crippen LogP contribution in [0, 0.1) is 0 Å². The molecule has 5 nitrogen and oxygen atoms in total. The zero-order valence-electron chi connectivity index (χ0n) is 14.8. The van der Waals surface area contributed by atoms with E-state index in [1.54, 1.807) is 12.1 Å². The topological polar surface area (TPSA) is 66.5 Å². The molecular weight excluding hydrogens is 404 g/mol. The van der Waals surface area contributed by atoms with Crippen LogP contribution in [0.3, 0.4) is 0 Å². The summed E-state index contributed by atoms with van der Waals surface area (Å²) >= 11 is 3.36. The van der Waals surface area contributed by atoms with Crippen LogP contribution in [0.5, 0.6) is 0 Å². The monoisotopic (exact) mass is 430 g/mol. The van der Waals surface area contributed by atoms with E-state index in [0.29, 0.717) is 29.7 Å². The fourth-order valence-corrected chi connectivity index (χ4v) is 4.91. The molecule has 1 aliphatic heterocycles. The molecule has 140 valence electrons. The summed E-state index contributed by atoms with van der Waals surface area (Å²) in [7, 11) is -3.53. The van der Waals surface area contributed by atoms with Crippen molar-refractivity contribution in [2.24, 2.45) is 0 Å². The number of carbonyl (C=O) groups is 1. The number of amides is 1. The highest BCUT2D eigenvalue weighted by atomic mass is 79.9. The van der Waals surface area contributed by atoms with Gasteiger partial charge in [0.25, 0.3) is 5.91 Å². The smallest absolute Gasteiger partial charge is 0.252 e. The number of hydrogen-bond donors (Lipinski definition) is 1. The van der Waals surface area contributed by atoms with Crippen LogP contribution in [0.4, 0.5) is 0 Å². The van der Waals surface area contributed by atoms with Gasteiger partial charge in [0.1, 0.15) is 0 Å². The van der Waals surface area contributed by atoms with Crippen molar-refractivity contribution in [3.8, 4) is 0 Å². The van der Waals surface area contributed by atoms with Gasteiger partial charge in [-0.3, -0.25) is 4.79 Å². The van der Waals surface area contributed by atoms with E-state index in [4.69, 9.17) is 0 Å². The number of carbonyl (C=O) groups excluding carboxylic acids is 1. The van der Waals surface area contributed by atoms with Gasteiger partial charge in [-0.15, -0.1) is 0 Å². The molecule has 1 amide bonds. The van der Waals surface area contributed by atoms with Crippen molar-refractivity contribution in [3.63, 3.8) is 0 Å². The Bertz CT molecular complexity index is 686. The van der Waals surface area contributed by atoms with Crippen molar-refractivity contribution in [1.29, 1.82) is 0 Å². The molecule has 0 aliphatic carbocycles. The standard InChI is InChI=1S/C18H27BrN2O3S/c1-2-3-4-6-11-20-18(22)16-14-15(9-10-17(16)19)25(23,24)21-12-7-5-8-13-21/h9-10,14H,2-8,11-13H2,1H3,(H,20,22). The highest BCUT2D eigenvalue weighted by molar-refractivity contribution is 9.10. The Labute approximate surface area is 159 Å². The van der Waals surface area contributed by atoms with Gasteiger partial charge in [-0.25, -0.2) is 8.42 Å². The zero-order valence-corrected chi connectivity index (χ0v) is 17.2. The average molecular weight is 431 g/mol. The van der Waals surface area contributed by atoms with E-state index in [0.717, 1.165) is 44.9 Å². The molecule has 25 heavy (non-hydrogen) atoms. The van der Waals surface area contributed by atoms with Gasteiger partial charge < -0.3 is 5.32 Å². The lowest BCUT2D eigenvalue weighted by Gasteiger charge is -2.26. The van der Waals surface area contributed by atoms with Crippen LogP contribution in [-0.4, -0.2) is 38.3 Å². The molecule has 0 unspecified atom stereocenters. The van der Waals surface area contributed by atoms with Crippen molar-refractivity contribution in [1.82, 2.24) is 9.62 Å². The Morgan fingerprint density at radius 3 is 2.56 bits per heavy atom. The van der Waals surface area contributed by atoms with Gasteiger partial charge in [0, 0.05) is 24.1 Å². The lowest BCUT2D eigenvalue weighted by Crippen LogP contribution is -2.35. The predicted molar refractivity (Wildman–Crippen MR) is 103 cm³/mol. The number of benzene rings is 1. The van der Waals surface area contributed by atoms with E-state index in [1.165, 1.54) is 10.4 Å². The summed E-state index contributed by atoms with van der Waals surface area (Å²) in [5.74, 6) is -0.237. The first-order valence-corrected chi connectivity index (χ1v) is 11.3. The number of piperidine rings is 1. The van der Waals surface area contributed by atoms with E-state index >= 15 is 0 Å². The molecule has 0 aromatic heterocycles. The fraction of sp³-hybridized carbons (Fsp3) is 0.611. The molecule has 1 saturated heterocycles. The van der Waals surface area contributed by atoms with Crippen molar-refractivity contribution < 1.29 is 13.2 Å². The van der Waals surface area contributed by atoms with Crippen LogP contribution in [0.2, 0.25) is 0 Å². The van der Waals surface area contributed by atoms with E-state index in [1.807, 2.05) is 0 Å². The van der Waals surface area contributed by atoms with Crippen LogP contribution in [0.15, 0.2) is 27.6 Å². The molecule has 7 heteroatoms. The van der Waals surface area contributed by atoms with E-state index in [9.17, 15) is 13.2 Å². The minimum atomic E-state index is -3.53. The average Bonchev–Trinajstić information content (AvgIpc) is 2.62. The Kier molecular flexibility index (Phi) is 7.90. The summed E-state index contributed by atoms with van der Waals surface area (Å²) in [6.07, 6.45) is 7.17. The third-order valence-corrected chi connectivity index (χ3v) is 7.04. The highest BCUT2D eigenvalue weighted by Gasteiger charge is 2.27. The Morgan fingerprint density at radius 1 is 1.16 bits per heavy atom. The number of nitrogens with one attached hydrogen (secondary N) is 1. The van der Waals surface area contributed by atoms with Crippen LogP contribution >= 0.6 is 15.9 Å². The molecule has 1 heterocycles. The number of rotatable bonds is 8. The Balaban J connectivity index is 2.09. The fourth-order valence-electron chi connectivity index (χ4n) is 2.94. The van der Waals surface area contributed by atoms with Gasteiger partial charge in [-0.2, -0.15) is 4.31 Å². The molecule has 2 rings (SSSR count). The molecule has 0 atom stereocenters. The normalized spacial score (nSPS) is 15.9. The number of halogens is 1. The first kappa shape index (κ1) is 20.4. The number of nitrogens with zero attached hydrogens (tertiary/aromatic N) is 1. The molecule has 1 N–H and O–H groups in total. The van der Waals surface area contributed by atoms with Gasteiger partial charge in [0.2, 0.25) is 10.0 Å². The lowest BCUT2D eigenvalue weighted by atomic mass is 10.2. The summed E-state index contributed by atoms with van der Waals surface area (Å²) < 4.78 is 27.7. The second-order valence-electron chi connectivity index (χ2n) is 6.42. The number of unbranched alkanes of at least 4 members (excludes halogenated alkanes) is 3. The SMILES string of the molecule is CCCCCCNC(=O)c1cc(S(=O)(=O)N2CCCCC2)ccc1Br. The molecule has 1 aliphatic rings. The first-order valence-electron chi connectivity index (χ1n) is 9.04. The van der Waals surface area contributed by atoms with Gasteiger partial charge in [0.05, 0.1) is 10.5 Å². The Hall–Kier alpha value is -0.920. The van der Waals surface area contributed by atoms with E-state index in [2.05, 4.69) is 28.2 Å². The molecule has 0 radical (unpaired) electrons. The first-order chi connectivity index (χ1) is 12.0. The minimum Gasteiger partial charge on any atom is -0.352 e. The highest BCUT2D eigenvalue weighted by Crippen LogP contribution is 2.25. The van der Waals surface area contributed by atoms with E-state index < -0.39 is 10.0 Å². The van der Waals surface area contributed by atoms with Crippen molar-refractivity contribution in [3.05, 3.63) is 28.2 Å². The third-order valence-electron chi connectivity index (χ3n) is 4.45. The molecule has 1 aromatic carbocycles. The summed E-state index contributed by atoms with van der Waals surface area (Å²) in [6, 6.07) is 4.68. The van der Waals surface area contributed by atoms with Crippen molar-refractivity contribution in [2.75, 3.05) is 19.6 Å².